The van der Waals surface area contributed by atoms with Gasteiger partial charge in [-0.3, -0.25) is 4.79 Å². The van der Waals surface area contributed by atoms with Crippen molar-refractivity contribution < 1.29 is 22.7 Å². The molecule has 0 radical (unpaired) electrons. The van der Waals surface area contributed by atoms with E-state index < -0.39 is 9.84 Å². The molecule has 0 bridgehead atoms. The number of carbonyl (C=O) groups excluding carboxylic acids is 1. The minimum atomic E-state index is -3.12. The van der Waals surface area contributed by atoms with E-state index in [1.54, 1.807) is 18.3 Å². The highest BCUT2D eigenvalue weighted by Crippen LogP contribution is 2.26. The molecule has 0 spiro atoms. The molecule has 0 amide bonds. The third kappa shape index (κ3) is 6.04. The summed E-state index contributed by atoms with van der Waals surface area (Å²) in [5.41, 5.74) is 0. The number of thioether (sulfide) groups is 1. The Labute approximate surface area is 116 Å². The fourth-order valence-corrected chi connectivity index (χ4v) is 3.76. The van der Waals surface area contributed by atoms with Crippen LogP contribution in [0.4, 0.5) is 0 Å². The topological polar surface area (TPSA) is 82.6 Å². The van der Waals surface area contributed by atoms with Crippen LogP contribution in [-0.2, 0) is 19.4 Å². The van der Waals surface area contributed by atoms with Gasteiger partial charge < -0.3 is 9.47 Å². The van der Waals surface area contributed by atoms with Crippen LogP contribution in [0.2, 0.25) is 0 Å². The van der Waals surface area contributed by atoms with E-state index in [2.05, 4.69) is 4.98 Å². The van der Waals surface area contributed by atoms with Crippen molar-refractivity contribution >= 4 is 28.1 Å². The Morgan fingerprint density at radius 1 is 1.42 bits per heavy atom. The van der Waals surface area contributed by atoms with Gasteiger partial charge in [0.2, 0.25) is 0 Å². The van der Waals surface area contributed by atoms with Crippen molar-refractivity contribution in [1.82, 2.24) is 4.98 Å². The molecule has 0 fully saturated rings. The standard InChI is InChI=1S/C11H15NO5S2/c1-16-5-7-19(14,15)8-6-18-11-10(17-9-13)3-2-4-12-11/h2-4,9H,5-8H2,1H3. The molecule has 0 saturated carbocycles. The molecule has 106 valence electrons. The molecule has 0 aliphatic rings. The Kier molecular flexibility index (Phi) is 6.82. The first-order chi connectivity index (χ1) is 9.09. The molecule has 0 aromatic carbocycles. The van der Waals surface area contributed by atoms with Gasteiger partial charge in [0.05, 0.1) is 18.1 Å². The minimum absolute atomic E-state index is 0.00394. The van der Waals surface area contributed by atoms with Crippen LogP contribution in [-0.4, -0.2) is 50.8 Å². The van der Waals surface area contributed by atoms with Crippen LogP contribution >= 0.6 is 11.8 Å². The van der Waals surface area contributed by atoms with Gasteiger partial charge in [-0.2, -0.15) is 0 Å². The molecule has 1 heterocycles. The zero-order chi connectivity index (χ0) is 14.1. The van der Waals surface area contributed by atoms with E-state index in [0.717, 1.165) is 0 Å². The molecule has 8 heteroatoms. The van der Waals surface area contributed by atoms with E-state index >= 15 is 0 Å². The van der Waals surface area contributed by atoms with Crippen LogP contribution < -0.4 is 4.74 Å². The van der Waals surface area contributed by atoms with Crippen molar-refractivity contribution in [2.75, 3.05) is 31.0 Å². The lowest BCUT2D eigenvalue weighted by molar-refractivity contribution is -0.120. The fourth-order valence-electron chi connectivity index (χ4n) is 1.20. The van der Waals surface area contributed by atoms with Crippen molar-refractivity contribution in [2.24, 2.45) is 0 Å². The summed E-state index contributed by atoms with van der Waals surface area (Å²) in [5.74, 6) is 0.706. The summed E-state index contributed by atoms with van der Waals surface area (Å²) in [6.45, 7) is 0.506. The summed E-state index contributed by atoms with van der Waals surface area (Å²) in [6.07, 6.45) is 1.55. The molecule has 1 rings (SSSR count). The number of carbonyl (C=O) groups is 1. The van der Waals surface area contributed by atoms with Gasteiger partial charge in [-0.05, 0) is 12.1 Å². The molecule has 0 aliphatic carbocycles. The number of nitrogens with zero attached hydrogens (tertiary/aromatic N) is 1. The molecule has 1 aromatic heterocycles. The maximum Gasteiger partial charge on any atom is 0.298 e. The molecule has 0 unspecified atom stereocenters. The maximum atomic E-state index is 11.6. The van der Waals surface area contributed by atoms with Gasteiger partial charge in [-0.1, -0.05) is 0 Å². The molecule has 0 N–H and O–H groups in total. The van der Waals surface area contributed by atoms with Gasteiger partial charge in [0.25, 0.3) is 6.47 Å². The lowest BCUT2D eigenvalue weighted by Crippen LogP contribution is -2.16. The molecule has 0 saturated heterocycles. The summed E-state index contributed by atoms with van der Waals surface area (Å²) < 4.78 is 32.7. The highest BCUT2D eigenvalue weighted by molar-refractivity contribution is 8.00. The second-order valence-electron chi connectivity index (χ2n) is 3.51. The van der Waals surface area contributed by atoms with Crippen LogP contribution in [0.15, 0.2) is 23.4 Å². The number of pyridine rings is 1. The minimum Gasteiger partial charge on any atom is -0.426 e. The first-order valence-electron chi connectivity index (χ1n) is 5.46. The van der Waals surface area contributed by atoms with Gasteiger partial charge >= 0.3 is 0 Å². The molecule has 6 nitrogen and oxygen atoms in total. The smallest absolute Gasteiger partial charge is 0.298 e. The molecule has 1 aromatic rings. The van der Waals surface area contributed by atoms with Gasteiger partial charge in [0.1, 0.15) is 5.03 Å². The lowest BCUT2D eigenvalue weighted by atomic mass is 10.5. The zero-order valence-corrected chi connectivity index (χ0v) is 12.1. The van der Waals surface area contributed by atoms with E-state index in [9.17, 15) is 13.2 Å². The monoisotopic (exact) mass is 305 g/mol. The fraction of sp³-hybridized carbons (Fsp3) is 0.455. The average Bonchev–Trinajstić information content (AvgIpc) is 2.39. The number of rotatable bonds is 9. The second-order valence-corrected chi connectivity index (χ2v) is 6.90. The lowest BCUT2D eigenvalue weighted by Gasteiger charge is -2.06. The predicted molar refractivity (Wildman–Crippen MR) is 72.2 cm³/mol. The molecule has 19 heavy (non-hydrogen) atoms. The predicted octanol–water partition coefficient (Wildman–Crippen LogP) is 0.770. The Balaban J connectivity index is 2.51. The summed E-state index contributed by atoms with van der Waals surface area (Å²) in [7, 11) is -1.66. The third-order valence-corrected chi connectivity index (χ3v) is 5.00. The van der Waals surface area contributed by atoms with Crippen molar-refractivity contribution in [2.45, 2.75) is 5.03 Å². The first-order valence-corrected chi connectivity index (χ1v) is 8.27. The first kappa shape index (κ1) is 15.9. The van der Waals surface area contributed by atoms with E-state index in [0.29, 0.717) is 23.0 Å². The summed E-state index contributed by atoms with van der Waals surface area (Å²) in [5, 5.41) is 0.497. The maximum absolute atomic E-state index is 11.6. The van der Waals surface area contributed by atoms with Crippen LogP contribution in [0, 0.1) is 0 Å². The normalized spacial score (nSPS) is 11.2. The molecule has 0 aliphatic heterocycles. The van der Waals surface area contributed by atoms with E-state index in [-0.39, 0.29) is 18.1 Å². The quantitative estimate of drug-likeness (QED) is 0.492. The highest BCUT2D eigenvalue weighted by Gasteiger charge is 2.12. The van der Waals surface area contributed by atoms with Crippen LogP contribution in [0.1, 0.15) is 0 Å². The van der Waals surface area contributed by atoms with Gasteiger partial charge in [0.15, 0.2) is 15.6 Å². The zero-order valence-electron chi connectivity index (χ0n) is 10.4. The van der Waals surface area contributed by atoms with Crippen LogP contribution in [0.25, 0.3) is 0 Å². The van der Waals surface area contributed by atoms with Crippen molar-refractivity contribution in [3.63, 3.8) is 0 Å². The number of hydrogen-bond acceptors (Lipinski definition) is 7. The number of methoxy groups -OCH3 is 1. The van der Waals surface area contributed by atoms with Crippen LogP contribution in [0.3, 0.4) is 0 Å². The summed E-state index contributed by atoms with van der Waals surface area (Å²) >= 11 is 1.23. The number of hydrogen-bond donors (Lipinski definition) is 0. The SMILES string of the molecule is COCCS(=O)(=O)CCSc1ncccc1OC=O. The molecular formula is C11H15NO5S2. The Morgan fingerprint density at radius 2 is 2.21 bits per heavy atom. The summed E-state index contributed by atoms with van der Waals surface area (Å²) in [6, 6.07) is 3.24. The third-order valence-electron chi connectivity index (χ3n) is 2.14. The summed E-state index contributed by atoms with van der Waals surface area (Å²) in [4.78, 5) is 14.3. The number of sulfone groups is 1. The van der Waals surface area contributed by atoms with Crippen LogP contribution in [0.5, 0.6) is 5.75 Å². The van der Waals surface area contributed by atoms with E-state index in [1.165, 1.54) is 18.9 Å². The van der Waals surface area contributed by atoms with Gasteiger partial charge in [-0.15, -0.1) is 11.8 Å². The van der Waals surface area contributed by atoms with E-state index in [4.69, 9.17) is 9.47 Å². The Bertz CT molecular complexity index is 504. The largest absolute Gasteiger partial charge is 0.426 e. The van der Waals surface area contributed by atoms with Gasteiger partial charge in [0, 0.05) is 19.1 Å². The van der Waals surface area contributed by atoms with Gasteiger partial charge in [-0.25, -0.2) is 13.4 Å². The van der Waals surface area contributed by atoms with Crippen molar-refractivity contribution in [3.8, 4) is 5.75 Å². The van der Waals surface area contributed by atoms with Crippen molar-refractivity contribution in [1.29, 1.82) is 0 Å². The molecule has 0 atom stereocenters. The number of ether oxygens (including phenoxy) is 2. The van der Waals surface area contributed by atoms with E-state index in [1.807, 2.05) is 0 Å². The highest BCUT2D eigenvalue weighted by atomic mass is 32.2. The molecular weight excluding hydrogens is 290 g/mol. The average molecular weight is 305 g/mol. The Morgan fingerprint density at radius 3 is 2.89 bits per heavy atom. The van der Waals surface area contributed by atoms with Crippen molar-refractivity contribution in [3.05, 3.63) is 18.3 Å². The second kappa shape index (κ2) is 8.13. The Hall–Kier alpha value is -1.12. The number of aromatic nitrogens is 1.